The van der Waals surface area contributed by atoms with E-state index in [2.05, 4.69) is 15.6 Å². The van der Waals surface area contributed by atoms with Gasteiger partial charge in [0.1, 0.15) is 29.6 Å². The molecule has 2 aromatic carbocycles. The predicted molar refractivity (Wildman–Crippen MR) is 154 cm³/mol. The van der Waals surface area contributed by atoms with Crippen LogP contribution < -0.4 is 20.8 Å². The molecule has 3 unspecified atom stereocenters. The molecule has 0 radical (unpaired) electrons. The first-order valence-corrected chi connectivity index (χ1v) is 15.1. The molecule has 2 heterocycles. The first-order chi connectivity index (χ1) is 20.5. The molecule has 1 saturated heterocycles. The second kappa shape index (κ2) is 14.2. The first-order valence-electron chi connectivity index (χ1n) is 13.5. The van der Waals surface area contributed by atoms with Gasteiger partial charge in [0.2, 0.25) is 0 Å². The molecule has 232 valence electrons. The summed E-state index contributed by atoms with van der Waals surface area (Å²) in [5.74, 6) is -0.374. The van der Waals surface area contributed by atoms with Crippen LogP contribution in [0.15, 0.2) is 77.7 Å². The lowest BCUT2D eigenvalue weighted by molar-refractivity contribution is -0.144. The van der Waals surface area contributed by atoms with Gasteiger partial charge in [-0.3, -0.25) is 18.7 Å². The van der Waals surface area contributed by atoms with Gasteiger partial charge in [0.05, 0.1) is 19.8 Å². The summed E-state index contributed by atoms with van der Waals surface area (Å²) in [6, 6.07) is 17.9. The van der Waals surface area contributed by atoms with Gasteiger partial charge in [-0.15, -0.1) is 0 Å². The van der Waals surface area contributed by atoms with Crippen LogP contribution in [0.2, 0.25) is 0 Å². The van der Waals surface area contributed by atoms with E-state index in [1.54, 1.807) is 37.3 Å². The first kappa shape index (κ1) is 32.3. The topological polar surface area (TPSA) is 180 Å². The van der Waals surface area contributed by atoms with E-state index in [0.29, 0.717) is 0 Å². The van der Waals surface area contributed by atoms with E-state index in [1.165, 1.54) is 26.1 Å². The number of carbonyl (C=O) groups excluding carboxylic acids is 1. The number of aliphatic hydroxyl groups is 2. The van der Waals surface area contributed by atoms with E-state index in [1.807, 2.05) is 30.3 Å². The number of ether oxygens (including phenoxy) is 2. The van der Waals surface area contributed by atoms with E-state index in [4.69, 9.17) is 23.4 Å². The second-order valence-corrected chi connectivity index (χ2v) is 11.6. The van der Waals surface area contributed by atoms with Gasteiger partial charge in [0, 0.05) is 6.20 Å². The molecular formula is C28H35N4O10P. The van der Waals surface area contributed by atoms with Gasteiger partial charge in [-0.2, -0.15) is 10.1 Å². The third kappa shape index (κ3) is 8.27. The highest BCUT2D eigenvalue weighted by molar-refractivity contribution is 7.52. The molecule has 14 nitrogen and oxygen atoms in total. The van der Waals surface area contributed by atoms with E-state index < -0.39 is 56.1 Å². The summed E-state index contributed by atoms with van der Waals surface area (Å²) in [6.45, 7) is 4.13. The summed E-state index contributed by atoms with van der Waals surface area (Å²) in [5, 5.41) is 24.5. The maximum absolute atomic E-state index is 13.7. The van der Waals surface area contributed by atoms with Crippen LogP contribution in [0.1, 0.15) is 32.6 Å². The minimum Gasteiger partial charge on any atom is -0.465 e. The fraction of sp³-hybridized carbons (Fsp3) is 0.393. The average molecular weight is 619 g/mol. The Hall–Kier alpha value is -3.62. The second-order valence-electron chi connectivity index (χ2n) is 9.88. The third-order valence-electron chi connectivity index (χ3n) is 6.47. The normalized spacial score (nSPS) is 23.7. The van der Waals surface area contributed by atoms with E-state index in [9.17, 15) is 24.4 Å². The molecule has 1 aromatic heterocycles. The molecule has 43 heavy (non-hydrogen) atoms. The van der Waals surface area contributed by atoms with Crippen molar-refractivity contribution in [2.75, 3.05) is 18.7 Å². The largest absolute Gasteiger partial charge is 0.465 e. The lowest BCUT2D eigenvalue weighted by atomic mass is 9.96. The third-order valence-corrected chi connectivity index (χ3v) is 8.11. The number of nitrogens with zero attached hydrogens (tertiary/aromatic N) is 2. The van der Waals surface area contributed by atoms with Gasteiger partial charge in [0.25, 0.3) is 0 Å². The molecule has 1 aliphatic heterocycles. The van der Waals surface area contributed by atoms with Crippen molar-refractivity contribution < 1.29 is 42.9 Å². The Balaban J connectivity index is 1.44. The van der Waals surface area contributed by atoms with Crippen LogP contribution in [-0.4, -0.2) is 62.8 Å². The molecule has 3 aromatic rings. The molecule has 1 aliphatic rings. The Morgan fingerprint density at radius 1 is 1.16 bits per heavy atom. The summed E-state index contributed by atoms with van der Waals surface area (Å²) in [4.78, 5) is 34.3. The van der Waals surface area contributed by atoms with Crippen molar-refractivity contribution in [1.82, 2.24) is 14.6 Å². The zero-order valence-corrected chi connectivity index (χ0v) is 24.8. The molecule has 0 amide bonds. The number of hydrogen-bond donors (Lipinski definition) is 4. The van der Waals surface area contributed by atoms with Crippen LogP contribution in [-0.2, 0) is 34.8 Å². The Morgan fingerprint density at radius 2 is 1.84 bits per heavy atom. The number of benzene rings is 2. The van der Waals surface area contributed by atoms with E-state index in [0.717, 1.165) is 10.1 Å². The summed E-state index contributed by atoms with van der Waals surface area (Å²) in [7, 11) is -4.26. The lowest BCUT2D eigenvalue weighted by Gasteiger charge is -2.27. The van der Waals surface area contributed by atoms with Gasteiger partial charge in [-0.25, -0.2) is 14.8 Å². The zero-order chi connectivity index (χ0) is 31.0. The van der Waals surface area contributed by atoms with Crippen LogP contribution in [0.4, 0.5) is 5.82 Å². The highest BCUT2D eigenvalue weighted by Crippen LogP contribution is 2.46. The molecule has 0 spiro atoms. The minimum absolute atomic E-state index is 0.111. The summed E-state index contributed by atoms with van der Waals surface area (Å²) in [5.41, 5.74) is 0.730. The average Bonchev–Trinajstić information content (AvgIpc) is 3.21. The summed E-state index contributed by atoms with van der Waals surface area (Å²) in [6.07, 6.45) is -2.89. The van der Waals surface area contributed by atoms with Crippen LogP contribution in [0, 0.1) is 0 Å². The number of esters is 1. The monoisotopic (exact) mass is 618 g/mol. The number of aliphatic hydroxyl groups excluding tert-OH is 1. The van der Waals surface area contributed by atoms with Crippen molar-refractivity contribution in [3.63, 3.8) is 0 Å². The number of hydrogen-bond acceptors (Lipinski definition) is 12. The maximum atomic E-state index is 13.7. The fourth-order valence-corrected chi connectivity index (χ4v) is 5.73. The molecule has 0 saturated carbocycles. The number of anilines is 1. The molecule has 15 heteroatoms. The van der Waals surface area contributed by atoms with E-state index >= 15 is 0 Å². The quantitative estimate of drug-likeness (QED) is 0.118. The van der Waals surface area contributed by atoms with Crippen molar-refractivity contribution in [2.24, 2.45) is 0 Å². The van der Waals surface area contributed by atoms with Crippen molar-refractivity contribution in [3.8, 4) is 5.75 Å². The molecule has 1 fully saturated rings. The van der Waals surface area contributed by atoms with Crippen molar-refractivity contribution in [1.29, 1.82) is 0 Å². The maximum Gasteiger partial charge on any atom is 0.459 e. The number of aromatic nitrogens is 2. The summed E-state index contributed by atoms with van der Waals surface area (Å²) < 4.78 is 36.7. The lowest BCUT2D eigenvalue weighted by Crippen LogP contribution is -2.46. The SMILES string of the molecule is CCOC(=O)[C@H](C)NP(=O)(OC[C@H]1O[C@@H](n2ccc(NOCc3ccccc3)nc2=O)C(C)(O)C1O)Oc1ccccc1. The van der Waals surface area contributed by atoms with Gasteiger partial charge >= 0.3 is 19.4 Å². The van der Waals surface area contributed by atoms with Crippen LogP contribution in [0.25, 0.3) is 0 Å². The minimum atomic E-state index is -4.26. The number of carbonyl (C=O) groups is 1. The Labute approximate surface area is 248 Å². The zero-order valence-electron chi connectivity index (χ0n) is 23.9. The standard InChI is InChI=1S/C28H35N4O10P/c1-4-38-25(34)19(2)31-43(37,42-21-13-9-6-10-14-21)40-18-22-24(33)28(3,36)26(41-22)32-16-15-23(29-27(32)35)30-39-17-20-11-7-5-8-12-20/h5-16,19,22,24,26,33,36H,4,17-18H2,1-3H3,(H,31,37)(H,29,30,35)/t19-,22+,24?,26+,28?,43?/m0/s1. The predicted octanol–water partition coefficient (Wildman–Crippen LogP) is 2.54. The Kier molecular flexibility index (Phi) is 10.7. The van der Waals surface area contributed by atoms with Gasteiger partial charge in [-0.05, 0) is 44.5 Å². The summed E-state index contributed by atoms with van der Waals surface area (Å²) >= 11 is 0. The smallest absolute Gasteiger partial charge is 0.459 e. The van der Waals surface area contributed by atoms with E-state index in [-0.39, 0.29) is 24.8 Å². The van der Waals surface area contributed by atoms with Crippen LogP contribution >= 0.6 is 7.75 Å². The molecule has 6 atom stereocenters. The van der Waals surface area contributed by atoms with Crippen molar-refractivity contribution in [2.45, 2.75) is 57.5 Å². The number of nitrogens with one attached hydrogen (secondary N) is 2. The van der Waals surface area contributed by atoms with Crippen LogP contribution in [0.5, 0.6) is 5.75 Å². The number of rotatable bonds is 14. The highest BCUT2D eigenvalue weighted by atomic mass is 31.2. The number of para-hydroxylation sites is 1. The molecule has 0 aliphatic carbocycles. The Bertz CT molecular complexity index is 1460. The van der Waals surface area contributed by atoms with Crippen molar-refractivity contribution >= 4 is 19.5 Å². The molecule has 0 bridgehead atoms. The van der Waals surface area contributed by atoms with Gasteiger partial charge in [0.15, 0.2) is 12.0 Å². The molecule has 4 N–H and O–H groups in total. The highest BCUT2D eigenvalue weighted by Gasteiger charge is 2.54. The van der Waals surface area contributed by atoms with Gasteiger partial charge < -0.3 is 24.2 Å². The molecular weight excluding hydrogens is 583 g/mol. The molecule has 4 rings (SSSR count). The van der Waals surface area contributed by atoms with Crippen LogP contribution in [0.3, 0.4) is 0 Å². The van der Waals surface area contributed by atoms with Crippen molar-refractivity contribution in [3.05, 3.63) is 89.0 Å². The van der Waals surface area contributed by atoms with Gasteiger partial charge in [-0.1, -0.05) is 48.5 Å². The fourth-order valence-electron chi connectivity index (χ4n) is 4.23. The Morgan fingerprint density at radius 3 is 2.49 bits per heavy atom.